The summed E-state index contributed by atoms with van der Waals surface area (Å²) in [5, 5.41) is 0. The van der Waals surface area contributed by atoms with E-state index < -0.39 is 0 Å². The summed E-state index contributed by atoms with van der Waals surface area (Å²) < 4.78 is 13.2. The Morgan fingerprint density at radius 2 is 1.93 bits per heavy atom. The maximum Gasteiger partial charge on any atom is 0.358 e. The van der Waals surface area contributed by atoms with Crippen LogP contribution < -0.4 is 0 Å². The maximum atomic E-state index is 12.7. The van der Waals surface area contributed by atoms with Gasteiger partial charge in [0.15, 0.2) is 5.69 Å². The summed E-state index contributed by atoms with van der Waals surface area (Å²) >= 11 is 0. The van der Waals surface area contributed by atoms with Crippen LogP contribution >= 0.6 is 0 Å². The number of carbonyl (C=O) groups excluding carboxylic acids is 1. The molecule has 0 amide bonds. The predicted octanol–water partition coefficient (Wildman–Crippen LogP) is 4.50. The Morgan fingerprint density at radius 3 is 2.70 bits per heavy atom. The van der Waals surface area contributed by atoms with Gasteiger partial charge >= 0.3 is 5.97 Å². The molecule has 0 bridgehead atoms. The number of benzene rings is 1. The summed E-state index contributed by atoms with van der Waals surface area (Å²) in [6, 6.07) is 10.1. The number of imidazole rings is 1. The monoisotopic (exact) mass is 370 g/mol. The molecule has 0 N–H and O–H groups in total. The third-order valence-electron chi connectivity index (χ3n) is 4.89. The van der Waals surface area contributed by atoms with Crippen molar-refractivity contribution in [2.45, 2.75) is 52.5 Å². The Kier molecular flexibility index (Phi) is 7.04. The average molecular weight is 370 g/mol. The van der Waals surface area contributed by atoms with Gasteiger partial charge in [-0.05, 0) is 31.6 Å². The number of rotatable bonds is 8. The minimum absolute atomic E-state index is 0.268. The van der Waals surface area contributed by atoms with E-state index in [4.69, 9.17) is 9.47 Å². The van der Waals surface area contributed by atoms with E-state index in [1.54, 1.807) is 0 Å². The number of fused-ring (bicyclic) bond motifs is 1. The minimum Gasteiger partial charge on any atom is -0.458 e. The molecule has 1 aliphatic rings. The molecule has 3 rings (SSSR count). The van der Waals surface area contributed by atoms with Gasteiger partial charge in [-0.15, -0.1) is 0 Å². The zero-order valence-electron chi connectivity index (χ0n) is 16.4. The van der Waals surface area contributed by atoms with Gasteiger partial charge in [0, 0.05) is 18.7 Å². The van der Waals surface area contributed by atoms with Crippen LogP contribution in [0.1, 0.15) is 55.7 Å². The van der Waals surface area contributed by atoms with Crippen LogP contribution in [-0.2, 0) is 22.4 Å². The van der Waals surface area contributed by atoms with Gasteiger partial charge < -0.3 is 14.0 Å². The van der Waals surface area contributed by atoms with Crippen molar-refractivity contribution in [1.29, 1.82) is 0 Å². The highest BCUT2D eigenvalue weighted by molar-refractivity contribution is 5.89. The number of ether oxygens (including phenoxy) is 2. The van der Waals surface area contributed by atoms with E-state index in [2.05, 4.69) is 23.4 Å². The van der Waals surface area contributed by atoms with Crippen molar-refractivity contribution < 1.29 is 14.3 Å². The van der Waals surface area contributed by atoms with E-state index in [-0.39, 0.29) is 12.6 Å². The van der Waals surface area contributed by atoms with E-state index in [9.17, 15) is 4.79 Å². The number of esters is 1. The standard InChI is InChI=1S/C22H30N2O3/c1-17(2)12-14-26-15-16-27-22(25)20-19-11-7-4-8-13-24(19)21(23-20)18-9-5-3-6-10-18/h3,5-6,9-10,17H,4,7-8,11-16H2,1-2H3. The summed E-state index contributed by atoms with van der Waals surface area (Å²) in [5.74, 6) is 1.15. The molecule has 0 atom stereocenters. The van der Waals surface area contributed by atoms with E-state index in [0.29, 0.717) is 24.8 Å². The largest absolute Gasteiger partial charge is 0.458 e. The summed E-state index contributed by atoms with van der Waals surface area (Å²) in [6.07, 6.45) is 5.26. The first-order valence-corrected chi connectivity index (χ1v) is 10.1. The van der Waals surface area contributed by atoms with Crippen LogP contribution in [0.15, 0.2) is 30.3 Å². The first-order valence-electron chi connectivity index (χ1n) is 10.1. The molecule has 0 saturated carbocycles. The van der Waals surface area contributed by atoms with Gasteiger partial charge in [0.1, 0.15) is 12.4 Å². The molecule has 146 valence electrons. The van der Waals surface area contributed by atoms with E-state index in [1.165, 1.54) is 6.42 Å². The Bertz CT molecular complexity index is 738. The van der Waals surface area contributed by atoms with Crippen LogP contribution in [0.2, 0.25) is 0 Å². The normalized spacial score (nSPS) is 14.0. The lowest BCUT2D eigenvalue weighted by Gasteiger charge is -2.09. The van der Waals surface area contributed by atoms with Gasteiger partial charge in [-0.2, -0.15) is 0 Å². The van der Waals surface area contributed by atoms with E-state index in [0.717, 1.165) is 49.3 Å². The predicted molar refractivity (Wildman–Crippen MR) is 106 cm³/mol. The lowest BCUT2D eigenvalue weighted by molar-refractivity contribution is 0.0297. The van der Waals surface area contributed by atoms with E-state index in [1.807, 2.05) is 30.3 Å². The van der Waals surface area contributed by atoms with Gasteiger partial charge in [-0.1, -0.05) is 50.6 Å². The Balaban J connectivity index is 1.69. The molecule has 0 radical (unpaired) electrons. The quantitative estimate of drug-likeness (QED) is 0.507. The van der Waals surface area contributed by atoms with Crippen LogP contribution in [0.4, 0.5) is 0 Å². The average Bonchev–Trinajstić information content (AvgIpc) is 2.86. The second-order valence-corrected chi connectivity index (χ2v) is 7.49. The zero-order valence-corrected chi connectivity index (χ0v) is 16.4. The fourth-order valence-corrected chi connectivity index (χ4v) is 3.37. The molecule has 0 unspecified atom stereocenters. The molecular formula is C22H30N2O3. The summed E-state index contributed by atoms with van der Waals surface area (Å²) in [5.41, 5.74) is 2.52. The van der Waals surface area contributed by atoms with Crippen LogP contribution in [0.25, 0.3) is 11.4 Å². The summed E-state index contributed by atoms with van der Waals surface area (Å²) in [4.78, 5) is 17.4. The Labute approximate surface area is 161 Å². The maximum absolute atomic E-state index is 12.7. The molecular weight excluding hydrogens is 340 g/mol. The van der Waals surface area contributed by atoms with Crippen molar-refractivity contribution >= 4 is 5.97 Å². The third-order valence-corrected chi connectivity index (χ3v) is 4.89. The molecule has 2 aromatic rings. The lowest BCUT2D eigenvalue weighted by Crippen LogP contribution is -2.14. The Hall–Kier alpha value is -2.14. The van der Waals surface area contributed by atoms with Crippen LogP contribution in [0.5, 0.6) is 0 Å². The molecule has 0 saturated heterocycles. The van der Waals surface area contributed by atoms with Gasteiger partial charge in [0.2, 0.25) is 0 Å². The van der Waals surface area contributed by atoms with Crippen molar-refractivity contribution in [2.24, 2.45) is 5.92 Å². The first-order chi connectivity index (χ1) is 13.2. The third kappa shape index (κ3) is 5.19. The molecule has 0 aliphatic carbocycles. The van der Waals surface area contributed by atoms with Crippen LogP contribution in [-0.4, -0.2) is 35.3 Å². The molecule has 5 heteroatoms. The fourth-order valence-electron chi connectivity index (χ4n) is 3.37. The topological polar surface area (TPSA) is 53.4 Å². The smallest absolute Gasteiger partial charge is 0.358 e. The fraction of sp³-hybridized carbons (Fsp3) is 0.545. The minimum atomic E-state index is -0.338. The number of carbonyl (C=O) groups is 1. The molecule has 1 aliphatic heterocycles. The van der Waals surface area contributed by atoms with Gasteiger partial charge in [-0.25, -0.2) is 9.78 Å². The molecule has 0 spiro atoms. The highest BCUT2D eigenvalue weighted by Crippen LogP contribution is 2.27. The number of hydrogen-bond donors (Lipinski definition) is 0. The molecule has 2 heterocycles. The van der Waals surface area contributed by atoms with Gasteiger partial charge in [0.05, 0.1) is 12.3 Å². The molecule has 1 aromatic heterocycles. The molecule has 0 fully saturated rings. The van der Waals surface area contributed by atoms with Crippen molar-refractivity contribution in [3.05, 3.63) is 41.7 Å². The van der Waals surface area contributed by atoms with Crippen molar-refractivity contribution in [1.82, 2.24) is 9.55 Å². The lowest BCUT2D eigenvalue weighted by atomic mass is 10.1. The summed E-state index contributed by atoms with van der Waals surface area (Å²) in [6.45, 7) is 6.63. The molecule has 27 heavy (non-hydrogen) atoms. The molecule has 5 nitrogen and oxygen atoms in total. The van der Waals surface area contributed by atoms with Crippen molar-refractivity contribution in [3.63, 3.8) is 0 Å². The first kappa shape index (κ1) is 19.6. The van der Waals surface area contributed by atoms with Crippen LogP contribution in [0, 0.1) is 5.92 Å². The van der Waals surface area contributed by atoms with Gasteiger partial charge in [0.25, 0.3) is 0 Å². The number of hydrogen-bond acceptors (Lipinski definition) is 4. The van der Waals surface area contributed by atoms with Crippen molar-refractivity contribution in [2.75, 3.05) is 19.8 Å². The highest BCUT2D eigenvalue weighted by atomic mass is 16.6. The second kappa shape index (κ2) is 9.70. The SMILES string of the molecule is CC(C)CCOCCOC(=O)c1nc(-c2ccccc2)n2c1CCCCC2. The number of nitrogens with zero attached hydrogens (tertiary/aromatic N) is 2. The summed E-state index contributed by atoms with van der Waals surface area (Å²) in [7, 11) is 0. The zero-order chi connectivity index (χ0) is 19.1. The second-order valence-electron chi connectivity index (χ2n) is 7.49. The number of aromatic nitrogens is 2. The highest BCUT2D eigenvalue weighted by Gasteiger charge is 2.25. The molecule has 1 aromatic carbocycles. The van der Waals surface area contributed by atoms with Gasteiger partial charge in [-0.3, -0.25) is 0 Å². The van der Waals surface area contributed by atoms with Crippen molar-refractivity contribution in [3.8, 4) is 11.4 Å². The van der Waals surface area contributed by atoms with Crippen LogP contribution in [0.3, 0.4) is 0 Å². The Morgan fingerprint density at radius 1 is 1.11 bits per heavy atom. The van der Waals surface area contributed by atoms with E-state index >= 15 is 0 Å².